The van der Waals surface area contributed by atoms with Crippen LogP contribution in [0.15, 0.2) is 0 Å². The first-order valence-electron chi connectivity index (χ1n) is 4.06. The molecule has 1 heterocycles. The Hall–Kier alpha value is -0.230. The van der Waals surface area contributed by atoms with Crippen molar-refractivity contribution in [3.63, 3.8) is 0 Å². The summed E-state index contributed by atoms with van der Waals surface area (Å²) in [6.07, 6.45) is 0.685. The van der Waals surface area contributed by atoms with Gasteiger partial charge < -0.3 is 5.32 Å². The van der Waals surface area contributed by atoms with Gasteiger partial charge >= 0.3 is 0 Å². The van der Waals surface area contributed by atoms with E-state index in [1.165, 1.54) is 11.8 Å². The molecule has 0 bridgehead atoms. The number of rotatable bonds is 3. The minimum atomic E-state index is -2.80. The lowest BCUT2D eigenvalue weighted by Gasteiger charge is -2.05. The molecule has 1 amide bonds. The number of thioether (sulfide) groups is 1. The Bertz CT molecular complexity index is 286. The van der Waals surface area contributed by atoms with Crippen molar-refractivity contribution in [3.05, 3.63) is 0 Å². The zero-order valence-electron chi connectivity index (χ0n) is 7.45. The Balaban J connectivity index is 2.29. The van der Waals surface area contributed by atoms with Crippen LogP contribution in [0.1, 0.15) is 6.42 Å². The molecule has 1 N–H and O–H groups in total. The maximum atomic E-state index is 11.0. The quantitative estimate of drug-likeness (QED) is 0.710. The molecule has 1 fully saturated rings. The summed E-state index contributed by atoms with van der Waals surface area (Å²) in [5.74, 6) is 0.818. The van der Waals surface area contributed by atoms with Crippen molar-refractivity contribution < 1.29 is 13.2 Å². The van der Waals surface area contributed by atoms with Crippen molar-refractivity contribution >= 4 is 27.5 Å². The van der Waals surface area contributed by atoms with Gasteiger partial charge in [-0.3, -0.25) is 4.79 Å². The molecular weight excluding hydrogens is 210 g/mol. The highest BCUT2D eigenvalue weighted by Gasteiger charge is 2.28. The molecule has 76 valence electrons. The van der Waals surface area contributed by atoms with Gasteiger partial charge in [-0.25, -0.2) is 8.42 Å². The lowest BCUT2D eigenvalue weighted by Crippen LogP contribution is -2.21. The summed E-state index contributed by atoms with van der Waals surface area (Å²) >= 11 is 1.43. The van der Waals surface area contributed by atoms with Crippen LogP contribution < -0.4 is 5.32 Å². The third-order valence-corrected chi connectivity index (χ3v) is 5.20. The first-order valence-corrected chi connectivity index (χ1v) is 6.93. The summed E-state index contributed by atoms with van der Waals surface area (Å²) in [5.41, 5.74) is 0. The fourth-order valence-corrected chi connectivity index (χ4v) is 4.67. The van der Waals surface area contributed by atoms with Gasteiger partial charge in [0.15, 0.2) is 9.84 Å². The zero-order valence-corrected chi connectivity index (χ0v) is 9.08. The van der Waals surface area contributed by atoms with Crippen molar-refractivity contribution in [1.82, 2.24) is 5.32 Å². The van der Waals surface area contributed by atoms with E-state index in [9.17, 15) is 13.2 Å². The smallest absolute Gasteiger partial charge is 0.229 e. The van der Waals surface area contributed by atoms with Crippen molar-refractivity contribution in [1.29, 1.82) is 0 Å². The van der Waals surface area contributed by atoms with Gasteiger partial charge in [0.25, 0.3) is 0 Å². The van der Waals surface area contributed by atoms with Crippen LogP contribution >= 0.6 is 11.8 Å². The summed E-state index contributed by atoms with van der Waals surface area (Å²) in [6, 6.07) is 0. The van der Waals surface area contributed by atoms with Gasteiger partial charge in [-0.15, -0.1) is 11.8 Å². The van der Waals surface area contributed by atoms with Crippen LogP contribution in [0.25, 0.3) is 0 Å². The number of amides is 1. The number of sulfone groups is 1. The molecule has 0 aliphatic carbocycles. The topological polar surface area (TPSA) is 63.2 Å². The normalized spacial score (nSPS) is 25.8. The second-order valence-electron chi connectivity index (χ2n) is 3.01. The summed E-state index contributed by atoms with van der Waals surface area (Å²) < 4.78 is 22.1. The molecule has 1 aliphatic rings. The largest absolute Gasteiger partial charge is 0.358 e. The molecule has 0 radical (unpaired) electrons. The molecule has 0 aromatic carbocycles. The summed E-state index contributed by atoms with van der Waals surface area (Å²) in [4.78, 5) is 10.8. The molecule has 0 aromatic rings. The maximum absolute atomic E-state index is 11.0. The molecule has 1 atom stereocenters. The van der Waals surface area contributed by atoms with Crippen LogP contribution in [-0.4, -0.2) is 43.9 Å². The van der Waals surface area contributed by atoms with E-state index in [4.69, 9.17) is 0 Å². The van der Waals surface area contributed by atoms with Crippen LogP contribution in [-0.2, 0) is 14.6 Å². The number of nitrogens with one attached hydrogen (secondary N) is 1. The first kappa shape index (κ1) is 10.8. The standard InChI is InChI=1S/C7H13NO3S2/c1-8-7(9)4-12-6-2-3-13(10,11)5-6/h6H,2-5H2,1H3,(H,8,9). The average molecular weight is 223 g/mol. The lowest BCUT2D eigenvalue weighted by molar-refractivity contribution is -0.118. The number of carbonyl (C=O) groups excluding carboxylic acids is 1. The van der Waals surface area contributed by atoms with Crippen LogP contribution in [0.3, 0.4) is 0 Å². The second-order valence-corrected chi connectivity index (χ2v) is 6.53. The first-order chi connectivity index (χ1) is 6.03. The molecule has 1 saturated heterocycles. The number of hydrogen-bond donors (Lipinski definition) is 1. The highest BCUT2D eigenvalue weighted by atomic mass is 32.2. The Morgan fingerprint density at radius 2 is 2.31 bits per heavy atom. The number of carbonyl (C=O) groups is 1. The second kappa shape index (κ2) is 4.32. The van der Waals surface area contributed by atoms with Crippen LogP contribution in [0.4, 0.5) is 0 Å². The SMILES string of the molecule is CNC(=O)CSC1CCS(=O)(=O)C1. The van der Waals surface area contributed by atoms with Crippen LogP contribution in [0.2, 0.25) is 0 Å². The highest BCUT2D eigenvalue weighted by molar-refractivity contribution is 8.02. The van der Waals surface area contributed by atoms with Gasteiger partial charge in [-0.05, 0) is 6.42 Å². The predicted molar refractivity (Wildman–Crippen MR) is 53.6 cm³/mol. The Labute approximate surface area is 82.4 Å². The molecule has 1 aliphatic heterocycles. The Morgan fingerprint density at radius 1 is 1.62 bits per heavy atom. The van der Waals surface area contributed by atoms with Gasteiger partial charge in [-0.2, -0.15) is 0 Å². The van der Waals surface area contributed by atoms with E-state index in [0.717, 1.165) is 0 Å². The van der Waals surface area contributed by atoms with Crippen molar-refractivity contribution in [2.24, 2.45) is 0 Å². The fraction of sp³-hybridized carbons (Fsp3) is 0.857. The van der Waals surface area contributed by atoms with E-state index in [1.54, 1.807) is 7.05 Å². The van der Waals surface area contributed by atoms with Gasteiger partial charge in [0.05, 0.1) is 17.3 Å². The molecule has 13 heavy (non-hydrogen) atoms. The number of hydrogen-bond acceptors (Lipinski definition) is 4. The van der Waals surface area contributed by atoms with E-state index in [1.807, 2.05) is 0 Å². The third kappa shape index (κ3) is 3.56. The van der Waals surface area contributed by atoms with Crippen LogP contribution in [0, 0.1) is 0 Å². The van der Waals surface area contributed by atoms with E-state index in [0.29, 0.717) is 12.2 Å². The summed E-state index contributed by atoms with van der Waals surface area (Å²) in [5, 5.41) is 2.61. The molecule has 0 spiro atoms. The molecular formula is C7H13NO3S2. The monoisotopic (exact) mass is 223 g/mol. The van der Waals surface area contributed by atoms with E-state index < -0.39 is 9.84 Å². The fourth-order valence-electron chi connectivity index (χ4n) is 1.16. The minimum absolute atomic E-state index is 0.0469. The molecule has 0 saturated carbocycles. The average Bonchev–Trinajstić information content (AvgIpc) is 2.41. The Morgan fingerprint density at radius 3 is 2.77 bits per heavy atom. The van der Waals surface area contributed by atoms with Gasteiger partial charge in [0.2, 0.25) is 5.91 Å². The third-order valence-electron chi connectivity index (χ3n) is 1.92. The lowest BCUT2D eigenvalue weighted by atomic mass is 10.4. The molecule has 0 aromatic heterocycles. The van der Waals surface area contributed by atoms with Gasteiger partial charge in [-0.1, -0.05) is 0 Å². The molecule has 1 rings (SSSR count). The minimum Gasteiger partial charge on any atom is -0.358 e. The molecule has 4 nitrogen and oxygen atoms in total. The predicted octanol–water partition coefficient (Wildman–Crippen LogP) is -0.347. The van der Waals surface area contributed by atoms with E-state index >= 15 is 0 Å². The Kier molecular flexibility index (Phi) is 3.61. The van der Waals surface area contributed by atoms with Crippen molar-refractivity contribution in [2.75, 3.05) is 24.3 Å². The highest BCUT2D eigenvalue weighted by Crippen LogP contribution is 2.23. The maximum Gasteiger partial charge on any atom is 0.229 e. The van der Waals surface area contributed by atoms with E-state index in [-0.39, 0.29) is 22.7 Å². The van der Waals surface area contributed by atoms with Crippen LogP contribution in [0.5, 0.6) is 0 Å². The van der Waals surface area contributed by atoms with Gasteiger partial charge in [0.1, 0.15) is 0 Å². The van der Waals surface area contributed by atoms with Crippen molar-refractivity contribution in [3.8, 4) is 0 Å². The van der Waals surface area contributed by atoms with Crippen molar-refractivity contribution in [2.45, 2.75) is 11.7 Å². The van der Waals surface area contributed by atoms with Gasteiger partial charge in [0, 0.05) is 12.3 Å². The molecule has 1 unspecified atom stereocenters. The summed E-state index contributed by atoms with van der Waals surface area (Å²) in [6.45, 7) is 0. The zero-order chi connectivity index (χ0) is 9.90. The summed E-state index contributed by atoms with van der Waals surface area (Å²) in [7, 11) is -1.22. The van der Waals surface area contributed by atoms with E-state index in [2.05, 4.69) is 5.32 Å². The molecule has 6 heteroatoms.